The molecule has 1 fully saturated rings. The number of piperidine rings is 1. The quantitative estimate of drug-likeness (QED) is 0.802. The lowest BCUT2D eigenvalue weighted by atomic mass is 10.1. The zero-order valence-electron chi connectivity index (χ0n) is 16.3. The predicted octanol–water partition coefficient (Wildman–Crippen LogP) is 3.50. The van der Waals surface area contributed by atoms with Gasteiger partial charge in [-0.05, 0) is 62.6 Å². The second-order valence-electron chi connectivity index (χ2n) is 7.09. The van der Waals surface area contributed by atoms with Crippen molar-refractivity contribution in [3.05, 3.63) is 53.6 Å². The summed E-state index contributed by atoms with van der Waals surface area (Å²) in [7, 11) is -3.47. The first kappa shape index (κ1) is 20.4. The summed E-state index contributed by atoms with van der Waals surface area (Å²) >= 11 is 0. The third-order valence-corrected chi connectivity index (χ3v) is 6.69. The lowest BCUT2D eigenvalue weighted by Gasteiger charge is -2.25. The lowest BCUT2D eigenvalue weighted by molar-refractivity contribution is -0.118. The fourth-order valence-electron chi connectivity index (χ4n) is 3.27. The monoisotopic (exact) mass is 402 g/mol. The summed E-state index contributed by atoms with van der Waals surface area (Å²) < 4.78 is 32.4. The molecule has 1 aliphatic rings. The fourth-order valence-corrected chi connectivity index (χ4v) is 4.78. The van der Waals surface area contributed by atoms with Gasteiger partial charge in [0, 0.05) is 18.8 Å². The van der Waals surface area contributed by atoms with Crippen LogP contribution in [0.15, 0.2) is 47.4 Å². The van der Waals surface area contributed by atoms with E-state index < -0.39 is 10.0 Å². The summed E-state index contributed by atoms with van der Waals surface area (Å²) in [5, 5.41) is 2.73. The molecule has 3 rings (SSSR count). The minimum atomic E-state index is -3.47. The van der Waals surface area contributed by atoms with Crippen LogP contribution < -0.4 is 10.1 Å². The van der Waals surface area contributed by atoms with Gasteiger partial charge in [-0.3, -0.25) is 4.79 Å². The van der Waals surface area contributed by atoms with E-state index in [1.54, 1.807) is 12.1 Å². The summed E-state index contributed by atoms with van der Waals surface area (Å²) in [5.41, 5.74) is 2.64. The van der Waals surface area contributed by atoms with E-state index in [1.807, 2.05) is 32.0 Å². The molecule has 2 aromatic carbocycles. The van der Waals surface area contributed by atoms with E-state index in [0.29, 0.717) is 24.5 Å². The van der Waals surface area contributed by atoms with Gasteiger partial charge in [0.2, 0.25) is 10.0 Å². The smallest absolute Gasteiger partial charge is 0.262 e. The molecule has 0 atom stereocenters. The zero-order chi connectivity index (χ0) is 20.1. The molecule has 1 aliphatic heterocycles. The summed E-state index contributed by atoms with van der Waals surface area (Å²) in [4.78, 5) is 12.4. The molecule has 0 unspecified atom stereocenters. The van der Waals surface area contributed by atoms with Crippen LogP contribution in [0.1, 0.15) is 30.4 Å². The van der Waals surface area contributed by atoms with Crippen LogP contribution in [0.25, 0.3) is 0 Å². The highest BCUT2D eigenvalue weighted by Gasteiger charge is 2.25. The molecule has 1 N–H and O–H groups in total. The molecule has 0 aromatic heterocycles. The van der Waals surface area contributed by atoms with Gasteiger partial charge in [0.25, 0.3) is 5.91 Å². The minimum Gasteiger partial charge on any atom is -0.483 e. The number of nitrogens with zero attached hydrogens (tertiary/aromatic N) is 1. The molecule has 2 aromatic rings. The molecule has 6 nitrogen and oxygen atoms in total. The predicted molar refractivity (Wildman–Crippen MR) is 109 cm³/mol. The number of carbonyl (C=O) groups excluding carboxylic acids is 1. The van der Waals surface area contributed by atoms with Crippen LogP contribution in [0, 0.1) is 13.8 Å². The first-order chi connectivity index (χ1) is 13.4. The highest BCUT2D eigenvalue weighted by atomic mass is 32.2. The number of benzene rings is 2. The Hall–Kier alpha value is -2.38. The Morgan fingerprint density at radius 3 is 2.36 bits per heavy atom. The maximum atomic E-state index is 12.7. The highest BCUT2D eigenvalue weighted by molar-refractivity contribution is 7.89. The van der Waals surface area contributed by atoms with Gasteiger partial charge in [-0.1, -0.05) is 24.1 Å². The number of rotatable bonds is 6. The maximum absolute atomic E-state index is 12.7. The van der Waals surface area contributed by atoms with Crippen molar-refractivity contribution in [2.45, 2.75) is 38.0 Å². The number of hydrogen-bond acceptors (Lipinski definition) is 4. The molecule has 1 heterocycles. The second kappa shape index (κ2) is 8.75. The number of aryl methyl sites for hydroxylation is 2. The van der Waals surface area contributed by atoms with Crippen molar-refractivity contribution in [3.8, 4) is 5.75 Å². The van der Waals surface area contributed by atoms with Crippen LogP contribution in [0.2, 0.25) is 0 Å². The first-order valence-electron chi connectivity index (χ1n) is 9.46. The molecule has 7 heteroatoms. The van der Waals surface area contributed by atoms with Crippen molar-refractivity contribution in [1.82, 2.24) is 4.31 Å². The molecule has 1 amide bonds. The number of nitrogens with one attached hydrogen (secondary N) is 1. The van der Waals surface area contributed by atoms with Crippen molar-refractivity contribution in [3.63, 3.8) is 0 Å². The second-order valence-corrected chi connectivity index (χ2v) is 9.03. The number of anilines is 1. The Morgan fingerprint density at radius 2 is 1.71 bits per heavy atom. The third kappa shape index (κ3) is 4.91. The maximum Gasteiger partial charge on any atom is 0.262 e. The van der Waals surface area contributed by atoms with Crippen LogP contribution in [0.5, 0.6) is 5.75 Å². The molecule has 0 radical (unpaired) electrons. The number of carbonyl (C=O) groups is 1. The van der Waals surface area contributed by atoms with Crippen LogP contribution in [-0.4, -0.2) is 38.3 Å². The van der Waals surface area contributed by atoms with Gasteiger partial charge in [-0.15, -0.1) is 0 Å². The van der Waals surface area contributed by atoms with Gasteiger partial charge in [-0.2, -0.15) is 4.31 Å². The number of hydrogen-bond donors (Lipinski definition) is 1. The Kier molecular flexibility index (Phi) is 6.36. The fraction of sp³-hybridized carbons (Fsp3) is 0.381. The minimum absolute atomic E-state index is 0.113. The Morgan fingerprint density at radius 1 is 1.04 bits per heavy atom. The van der Waals surface area contributed by atoms with E-state index in [4.69, 9.17) is 4.74 Å². The lowest BCUT2D eigenvalue weighted by Crippen LogP contribution is -2.35. The summed E-state index contributed by atoms with van der Waals surface area (Å²) in [6.45, 7) is 4.95. The number of amides is 1. The summed E-state index contributed by atoms with van der Waals surface area (Å²) in [5.74, 6) is 0.371. The van der Waals surface area contributed by atoms with Crippen LogP contribution >= 0.6 is 0 Å². The van der Waals surface area contributed by atoms with Gasteiger partial charge in [0.05, 0.1) is 4.90 Å². The van der Waals surface area contributed by atoms with E-state index in [9.17, 15) is 13.2 Å². The Labute approximate surface area is 166 Å². The van der Waals surface area contributed by atoms with Crippen molar-refractivity contribution in [2.75, 3.05) is 25.0 Å². The molecule has 0 aliphatic carbocycles. The standard InChI is InChI=1S/C21H26N2O4S/c1-16-6-11-20(17(2)14-16)27-15-21(24)22-18-7-9-19(10-8-18)28(25,26)23-12-4-3-5-13-23/h6-11,14H,3-5,12-13,15H2,1-2H3,(H,22,24). The topological polar surface area (TPSA) is 75.7 Å². The average Bonchev–Trinajstić information content (AvgIpc) is 2.68. The van der Waals surface area contributed by atoms with E-state index in [-0.39, 0.29) is 17.4 Å². The van der Waals surface area contributed by atoms with Crippen LogP contribution in [0.3, 0.4) is 0 Å². The van der Waals surface area contributed by atoms with Crippen LogP contribution in [0.4, 0.5) is 5.69 Å². The molecule has 28 heavy (non-hydrogen) atoms. The molecular formula is C21H26N2O4S. The SMILES string of the molecule is Cc1ccc(OCC(=O)Nc2ccc(S(=O)(=O)N3CCCCC3)cc2)c(C)c1. The van der Waals surface area contributed by atoms with Gasteiger partial charge in [-0.25, -0.2) is 8.42 Å². The highest BCUT2D eigenvalue weighted by Crippen LogP contribution is 2.22. The van der Waals surface area contributed by atoms with Gasteiger partial charge in [0.1, 0.15) is 5.75 Å². The van der Waals surface area contributed by atoms with Crippen LogP contribution in [-0.2, 0) is 14.8 Å². The summed E-state index contributed by atoms with van der Waals surface area (Å²) in [6, 6.07) is 12.0. The van der Waals surface area contributed by atoms with Gasteiger partial charge in [0.15, 0.2) is 6.61 Å². The average molecular weight is 403 g/mol. The molecule has 1 saturated heterocycles. The van der Waals surface area contributed by atoms with E-state index in [2.05, 4.69) is 5.32 Å². The van der Waals surface area contributed by atoms with Crippen molar-refractivity contribution in [2.24, 2.45) is 0 Å². The van der Waals surface area contributed by atoms with Crippen molar-refractivity contribution in [1.29, 1.82) is 0 Å². The largest absolute Gasteiger partial charge is 0.483 e. The molecule has 150 valence electrons. The molecular weight excluding hydrogens is 376 g/mol. The molecule has 0 spiro atoms. The first-order valence-corrected chi connectivity index (χ1v) is 10.9. The third-order valence-electron chi connectivity index (χ3n) is 4.78. The number of sulfonamides is 1. The summed E-state index contributed by atoms with van der Waals surface area (Å²) in [6.07, 6.45) is 2.86. The van der Waals surface area contributed by atoms with Gasteiger partial charge >= 0.3 is 0 Å². The Bertz CT molecular complexity index is 933. The zero-order valence-corrected chi connectivity index (χ0v) is 17.1. The van der Waals surface area contributed by atoms with Crippen molar-refractivity contribution < 1.29 is 17.9 Å². The molecule has 0 bridgehead atoms. The van der Waals surface area contributed by atoms with E-state index >= 15 is 0 Å². The number of ether oxygens (including phenoxy) is 1. The van der Waals surface area contributed by atoms with E-state index in [1.165, 1.54) is 16.4 Å². The van der Waals surface area contributed by atoms with E-state index in [0.717, 1.165) is 30.4 Å². The van der Waals surface area contributed by atoms with Gasteiger partial charge < -0.3 is 10.1 Å². The molecule has 0 saturated carbocycles. The Balaban J connectivity index is 1.58. The normalized spacial score (nSPS) is 15.2. The van der Waals surface area contributed by atoms with Crippen molar-refractivity contribution >= 4 is 21.6 Å².